The molecule has 2 N–H and O–H groups in total. The van der Waals surface area contributed by atoms with E-state index in [1.807, 2.05) is 12.1 Å². The number of aromatic nitrogens is 2. The van der Waals surface area contributed by atoms with Crippen LogP contribution >= 0.6 is 0 Å². The first kappa shape index (κ1) is 16.7. The van der Waals surface area contributed by atoms with Crippen molar-refractivity contribution in [1.82, 2.24) is 15.3 Å². The molecule has 0 aliphatic heterocycles. The molecule has 0 saturated heterocycles. The molecule has 0 unspecified atom stereocenters. The molecule has 2 aromatic rings. The molecule has 2 heterocycles. The molecule has 0 spiro atoms. The lowest BCUT2D eigenvalue weighted by atomic mass is 10.0. The molecule has 2 aromatic heterocycles. The van der Waals surface area contributed by atoms with E-state index in [1.165, 1.54) is 0 Å². The third-order valence-corrected chi connectivity index (χ3v) is 3.42. The van der Waals surface area contributed by atoms with Gasteiger partial charge in [-0.15, -0.1) is 0 Å². The number of pyridine rings is 2. The highest BCUT2D eigenvalue weighted by molar-refractivity contribution is 5.92. The van der Waals surface area contributed by atoms with Gasteiger partial charge < -0.3 is 10.4 Å². The van der Waals surface area contributed by atoms with Crippen LogP contribution in [-0.4, -0.2) is 32.6 Å². The van der Waals surface area contributed by atoms with Crippen LogP contribution in [0.25, 0.3) is 0 Å². The number of carbonyl (C=O) groups is 1. The molecule has 0 aromatic carbocycles. The van der Waals surface area contributed by atoms with Gasteiger partial charge in [0.1, 0.15) is 5.69 Å². The Kier molecular flexibility index (Phi) is 5.09. The van der Waals surface area contributed by atoms with Crippen LogP contribution < -0.4 is 5.32 Å². The third-order valence-electron chi connectivity index (χ3n) is 3.42. The predicted octanol–water partition coefficient (Wildman–Crippen LogP) is 1.77. The minimum absolute atomic E-state index is 0.285. The van der Waals surface area contributed by atoms with Gasteiger partial charge in [0, 0.05) is 29.7 Å². The van der Waals surface area contributed by atoms with Gasteiger partial charge in [-0.1, -0.05) is 11.8 Å². The van der Waals surface area contributed by atoms with Crippen molar-refractivity contribution in [2.45, 2.75) is 32.4 Å². The van der Waals surface area contributed by atoms with Gasteiger partial charge in [-0.25, -0.2) is 4.98 Å². The van der Waals surface area contributed by atoms with Gasteiger partial charge in [-0.3, -0.25) is 9.78 Å². The molecule has 0 bridgehead atoms. The van der Waals surface area contributed by atoms with Crippen LogP contribution in [0.3, 0.4) is 0 Å². The summed E-state index contributed by atoms with van der Waals surface area (Å²) >= 11 is 0. The van der Waals surface area contributed by atoms with Crippen LogP contribution in [0.1, 0.15) is 42.4 Å². The molecular weight excluding hydrogens is 290 g/mol. The van der Waals surface area contributed by atoms with Gasteiger partial charge in [0.2, 0.25) is 0 Å². The normalized spacial score (nSPS) is 12.0. The largest absolute Gasteiger partial charge is 0.388 e. The van der Waals surface area contributed by atoms with Crippen molar-refractivity contribution in [3.63, 3.8) is 0 Å². The van der Waals surface area contributed by atoms with E-state index < -0.39 is 5.60 Å². The minimum atomic E-state index is -0.995. The van der Waals surface area contributed by atoms with Crippen LogP contribution in [0.15, 0.2) is 42.9 Å². The average Bonchev–Trinajstić information content (AvgIpc) is 2.53. The molecule has 0 radical (unpaired) electrons. The topological polar surface area (TPSA) is 75.1 Å². The lowest BCUT2D eigenvalue weighted by Crippen LogP contribution is -2.47. The Morgan fingerprint density at radius 1 is 1.22 bits per heavy atom. The number of hydrogen-bond acceptors (Lipinski definition) is 4. The van der Waals surface area contributed by atoms with Crippen molar-refractivity contribution in [1.29, 1.82) is 0 Å². The zero-order valence-electron chi connectivity index (χ0n) is 13.4. The maximum absolute atomic E-state index is 12.1. The smallest absolute Gasteiger partial charge is 0.270 e. The summed E-state index contributed by atoms with van der Waals surface area (Å²) in [5.74, 6) is 5.62. The van der Waals surface area contributed by atoms with Gasteiger partial charge in [0.05, 0.1) is 11.6 Å². The zero-order valence-corrected chi connectivity index (χ0v) is 13.4. The highest BCUT2D eigenvalue weighted by atomic mass is 16.3. The van der Waals surface area contributed by atoms with Crippen LogP contribution in [0, 0.1) is 11.8 Å². The molecular formula is C18H19N3O2. The third kappa shape index (κ3) is 4.90. The van der Waals surface area contributed by atoms with E-state index >= 15 is 0 Å². The number of nitrogens with zero attached hydrogens (tertiary/aromatic N) is 2. The van der Waals surface area contributed by atoms with Crippen molar-refractivity contribution < 1.29 is 9.90 Å². The number of nitrogens with one attached hydrogen (secondary N) is 1. The quantitative estimate of drug-likeness (QED) is 0.847. The Bertz CT molecular complexity index is 723. The standard InChI is InChI=1S/C18H19N3O2/c1-13(18(2,3)23)21-17(22)16-9-8-15(12-20-16)7-6-14-5-4-10-19-11-14/h4-5,8-13,23H,1-3H3,(H,21,22)/t13-/m1/s1. The fourth-order valence-electron chi connectivity index (χ4n) is 1.63. The van der Waals surface area contributed by atoms with Crippen molar-refractivity contribution in [3.8, 4) is 11.8 Å². The second-order valence-corrected chi connectivity index (χ2v) is 5.77. The van der Waals surface area contributed by atoms with Crippen LogP contribution in [0.4, 0.5) is 0 Å². The Morgan fingerprint density at radius 2 is 1.91 bits per heavy atom. The van der Waals surface area contributed by atoms with E-state index in [4.69, 9.17) is 0 Å². The Balaban J connectivity index is 2.05. The Labute approximate surface area is 135 Å². The van der Waals surface area contributed by atoms with Gasteiger partial charge in [0.25, 0.3) is 5.91 Å². The molecule has 5 nitrogen and oxygen atoms in total. The van der Waals surface area contributed by atoms with Crippen LogP contribution in [-0.2, 0) is 0 Å². The summed E-state index contributed by atoms with van der Waals surface area (Å²) in [6.45, 7) is 5.02. The minimum Gasteiger partial charge on any atom is -0.388 e. The molecule has 0 aliphatic carbocycles. The molecule has 118 valence electrons. The van der Waals surface area contributed by atoms with Crippen LogP contribution in [0.5, 0.6) is 0 Å². The SMILES string of the molecule is C[C@@H](NC(=O)c1ccc(C#Cc2cccnc2)cn1)C(C)(C)O. The molecule has 5 heteroatoms. The predicted molar refractivity (Wildman–Crippen MR) is 87.7 cm³/mol. The molecule has 2 rings (SSSR count). The van der Waals surface area contributed by atoms with E-state index in [1.54, 1.807) is 51.5 Å². The summed E-state index contributed by atoms with van der Waals surface area (Å²) < 4.78 is 0. The monoisotopic (exact) mass is 309 g/mol. The zero-order chi connectivity index (χ0) is 16.9. The molecule has 1 amide bonds. The van der Waals surface area contributed by atoms with Gasteiger partial charge in [-0.05, 0) is 45.0 Å². The number of aliphatic hydroxyl groups is 1. The van der Waals surface area contributed by atoms with Crippen molar-refractivity contribution >= 4 is 5.91 Å². The lowest BCUT2D eigenvalue weighted by molar-refractivity contribution is 0.0407. The first-order valence-corrected chi connectivity index (χ1v) is 7.27. The highest BCUT2D eigenvalue weighted by Gasteiger charge is 2.24. The molecule has 23 heavy (non-hydrogen) atoms. The number of rotatable bonds is 3. The van der Waals surface area contributed by atoms with Crippen molar-refractivity contribution in [2.75, 3.05) is 0 Å². The van der Waals surface area contributed by atoms with Gasteiger partial charge in [0.15, 0.2) is 0 Å². The van der Waals surface area contributed by atoms with E-state index in [-0.39, 0.29) is 17.6 Å². The van der Waals surface area contributed by atoms with Crippen molar-refractivity contribution in [3.05, 3.63) is 59.7 Å². The van der Waals surface area contributed by atoms with E-state index in [0.29, 0.717) is 5.56 Å². The van der Waals surface area contributed by atoms with E-state index in [9.17, 15) is 9.90 Å². The molecule has 0 fully saturated rings. The highest BCUT2D eigenvalue weighted by Crippen LogP contribution is 2.08. The molecule has 0 aliphatic rings. The number of amides is 1. The Hall–Kier alpha value is -2.71. The lowest BCUT2D eigenvalue weighted by Gasteiger charge is -2.26. The summed E-state index contributed by atoms with van der Waals surface area (Å²) in [5, 5.41) is 12.6. The van der Waals surface area contributed by atoms with Crippen molar-refractivity contribution in [2.24, 2.45) is 0 Å². The summed E-state index contributed by atoms with van der Waals surface area (Å²) in [6, 6.07) is 6.65. The van der Waals surface area contributed by atoms with Gasteiger partial charge in [-0.2, -0.15) is 0 Å². The maximum Gasteiger partial charge on any atom is 0.270 e. The second kappa shape index (κ2) is 7.03. The van der Waals surface area contributed by atoms with Gasteiger partial charge >= 0.3 is 0 Å². The number of carbonyl (C=O) groups excluding carboxylic acids is 1. The summed E-state index contributed by atoms with van der Waals surface area (Å²) in [6.07, 6.45) is 4.92. The van der Waals surface area contributed by atoms with Crippen LogP contribution in [0.2, 0.25) is 0 Å². The molecule has 0 saturated carbocycles. The summed E-state index contributed by atoms with van der Waals surface area (Å²) in [5.41, 5.74) is 0.812. The summed E-state index contributed by atoms with van der Waals surface area (Å²) in [4.78, 5) is 20.2. The summed E-state index contributed by atoms with van der Waals surface area (Å²) in [7, 11) is 0. The Morgan fingerprint density at radius 3 is 2.43 bits per heavy atom. The first-order chi connectivity index (χ1) is 10.9. The fraction of sp³-hybridized carbons (Fsp3) is 0.278. The van der Waals surface area contributed by atoms with E-state index in [0.717, 1.165) is 5.56 Å². The fourth-order valence-corrected chi connectivity index (χ4v) is 1.63. The number of hydrogen-bond donors (Lipinski definition) is 2. The van der Waals surface area contributed by atoms with E-state index in [2.05, 4.69) is 27.1 Å². The average molecular weight is 309 g/mol. The second-order valence-electron chi connectivity index (χ2n) is 5.77. The first-order valence-electron chi connectivity index (χ1n) is 7.27. The maximum atomic E-state index is 12.1. The molecule has 1 atom stereocenters.